The van der Waals surface area contributed by atoms with E-state index in [-0.39, 0.29) is 65.4 Å². The number of ketones is 1. The number of fused-ring (bicyclic) bond motifs is 5. The SMILES string of the molecule is COC1CC(OC2C(C)OC(OC3C(C)OC(OC4C(C)OC(OC5CCC6(C)C(=CCC7C6CC(OC(C)=O)C6(C)C(C(C)=O)CCC76O)C5)CC4OC)CC3OC)CC2OC)OC(C)C1O. The van der Waals surface area contributed by atoms with Crippen LogP contribution in [0.3, 0.4) is 0 Å². The van der Waals surface area contributed by atoms with Crippen LogP contribution in [-0.2, 0) is 71.2 Å². The maximum absolute atomic E-state index is 13.0. The molecule has 24 atom stereocenters. The van der Waals surface area contributed by atoms with Crippen molar-refractivity contribution in [1.82, 2.24) is 0 Å². The molecule has 0 aromatic heterocycles. The van der Waals surface area contributed by atoms with Crippen molar-refractivity contribution in [3.63, 3.8) is 0 Å². The Morgan fingerprint density at radius 2 is 1.10 bits per heavy atom. The molecule has 2 N–H and O–H groups in total. The fraction of sp³-hybridized carbons (Fsp3) is 0.922. The van der Waals surface area contributed by atoms with Gasteiger partial charge in [0, 0.05) is 72.4 Å². The zero-order chi connectivity index (χ0) is 49.0. The molecule has 4 aliphatic heterocycles. The number of hydrogen-bond acceptors (Lipinski definition) is 17. The lowest BCUT2D eigenvalue weighted by Gasteiger charge is -2.63. The molecule has 17 nitrogen and oxygen atoms in total. The molecule has 3 saturated carbocycles. The molecule has 0 radical (unpaired) electrons. The van der Waals surface area contributed by atoms with E-state index in [0.717, 1.165) is 19.3 Å². The summed E-state index contributed by atoms with van der Waals surface area (Å²) in [5.41, 5.74) is -0.837. The molecule has 17 heteroatoms. The van der Waals surface area contributed by atoms with Crippen LogP contribution in [0.25, 0.3) is 0 Å². The number of aliphatic hydroxyl groups is 2. The third-order valence-corrected chi connectivity index (χ3v) is 18.1. The van der Waals surface area contributed by atoms with E-state index in [2.05, 4.69) is 13.0 Å². The minimum Gasteiger partial charge on any atom is -0.462 e. The fourth-order valence-corrected chi connectivity index (χ4v) is 14.3. The van der Waals surface area contributed by atoms with E-state index >= 15 is 0 Å². The van der Waals surface area contributed by atoms with Gasteiger partial charge in [-0.15, -0.1) is 0 Å². The summed E-state index contributed by atoms with van der Waals surface area (Å²) in [5.74, 6) is -0.620. The van der Waals surface area contributed by atoms with Crippen LogP contribution in [0.4, 0.5) is 0 Å². The first-order valence-corrected chi connectivity index (χ1v) is 25.4. The number of carbonyl (C=O) groups is 2. The number of allylic oxidation sites excluding steroid dienone is 1. The summed E-state index contributed by atoms with van der Waals surface area (Å²) in [4.78, 5) is 25.5. The molecule has 0 aromatic carbocycles. The van der Waals surface area contributed by atoms with Crippen molar-refractivity contribution in [2.24, 2.45) is 28.6 Å². The van der Waals surface area contributed by atoms with Gasteiger partial charge in [-0.05, 0) is 96.8 Å². The van der Waals surface area contributed by atoms with Gasteiger partial charge in [0.25, 0.3) is 0 Å². The third-order valence-electron chi connectivity index (χ3n) is 18.1. The number of esters is 1. The molecule has 4 aliphatic carbocycles. The van der Waals surface area contributed by atoms with Crippen LogP contribution < -0.4 is 0 Å². The first kappa shape index (κ1) is 52.6. The maximum Gasteiger partial charge on any atom is 0.302 e. The summed E-state index contributed by atoms with van der Waals surface area (Å²) >= 11 is 0. The highest BCUT2D eigenvalue weighted by molar-refractivity contribution is 5.80. The van der Waals surface area contributed by atoms with E-state index in [4.69, 9.17) is 61.6 Å². The van der Waals surface area contributed by atoms with Crippen LogP contribution in [0.2, 0.25) is 0 Å². The molecule has 4 saturated heterocycles. The Balaban J connectivity index is 0.846. The molecule has 0 amide bonds. The van der Waals surface area contributed by atoms with Crippen molar-refractivity contribution >= 4 is 11.8 Å². The monoisotopic (exact) mass is 967 g/mol. The minimum atomic E-state index is -1.11. The second-order valence-corrected chi connectivity index (χ2v) is 21.8. The number of ether oxygens (including phenoxy) is 13. The number of rotatable bonds is 14. The molecule has 8 aliphatic rings. The largest absolute Gasteiger partial charge is 0.462 e. The van der Waals surface area contributed by atoms with Gasteiger partial charge in [0.05, 0.1) is 60.5 Å². The number of Topliss-reactive ketones (excluding diaryl/α,β-unsaturated/α-hetero) is 1. The van der Waals surface area contributed by atoms with E-state index in [1.54, 1.807) is 42.3 Å². The molecule has 388 valence electrons. The molecule has 0 aromatic rings. The molecular formula is C51H82O17. The van der Waals surface area contributed by atoms with Crippen molar-refractivity contribution in [3.05, 3.63) is 11.6 Å². The Morgan fingerprint density at radius 3 is 1.57 bits per heavy atom. The van der Waals surface area contributed by atoms with E-state index in [1.807, 2.05) is 27.7 Å². The molecular weight excluding hydrogens is 885 g/mol. The minimum absolute atomic E-state index is 0.0346. The van der Waals surface area contributed by atoms with Gasteiger partial charge in [-0.3, -0.25) is 9.59 Å². The highest BCUT2D eigenvalue weighted by atomic mass is 16.8. The zero-order valence-corrected chi connectivity index (χ0v) is 42.5. The summed E-state index contributed by atoms with van der Waals surface area (Å²) in [5, 5.41) is 23.1. The number of carbonyl (C=O) groups excluding carboxylic acids is 2. The first-order valence-electron chi connectivity index (χ1n) is 25.4. The quantitative estimate of drug-likeness (QED) is 0.168. The van der Waals surface area contributed by atoms with Gasteiger partial charge in [0.1, 0.15) is 36.3 Å². The Kier molecular flexibility index (Phi) is 16.3. The molecule has 4 heterocycles. The molecule has 8 rings (SSSR count). The molecule has 0 bridgehead atoms. The lowest BCUT2D eigenvalue weighted by Crippen LogP contribution is -2.66. The van der Waals surface area contributed by atoms with Gasteiger partial charge < -0.3 is 71.8 Å². The maximum atomic E-state index is 13.0. The van der Waals surface area contributed by atoms with Crippen LogP contribution in [0.5, 0.6) is 0 Å². The first-order chi connectivity index (χ1) is 32.3. The highest BCUT2D eigenvalue weighted by Gasteiger charge is 2.71. The van der Waals surface area contributed by atoms with Crippen LogP contribution >= 0.6 is 0 Å². The van der Waals surface area contributed by atoms with Crippen molar-refractivity contribution in [1.29, 1.82) is 0 Å². The average molecular weight is 967 g/mol. The molecule has 0 spiro atoms. The summed E-state index contributed by atoms with van der Waals surface area (Å²) < 4.78 is 81.4. The van der Waals surface area contributed by atoms with Crippen LogP contribution in [0.15, 0.2) is 11.6 Å². The molecule has 24 unspecified atom stereocenters. The zero-order valence-electron chi connectivity index (χ0n) is 42.5. The highest BCUT2D eigenvalue weighted by Crippen LogP contribution is 2.68. The van der Waals surface area contributed by atoms with Gasteiger partial charge in [-0.2, -0.15) is 0 Å². The van der Waals surface area contributed by atoms with Crippen LogP contribution in [-0.4, -0.2) is 167 Å². The second kappa shape index (κ2) is 21.0. The average Bonchev–Trinajstić information content (AvgIpc) is 3.59. The van der Waals surface area contributed by atoms with Crippen LogP contribution in [0.1, 0.15) is 126 Å². The molecule has 68 heavy (non-hydrogen) atoms. The third kappa shape index (κ3) is 9.79. The van der Waals surface area contributed by atoms with Crippen molar-refractivity contribution < 1.29 is 81.4 Å². The lowest BCUT2D eigenvalue weighted by atomic mass is 9.45. The van der Waals surface area contributed by atoms with Crippen molar-refractivity contribution in [2.45, 2.75) is 242 Å². The summed E-state index contributed by atoms with van der Waals surface area (Å²) in [6.07, 6.45) is 0.755. The number of methoxy groups -OCH3 is 4. The Bertz CT molecular complexity index is 1780. The van der Waals surface area contributed by atoms with Gasteiger partial charge >= 0.3 is 5.97 Å². The predicted molar refractivity (Wildman–Crippen MR) is 243 cm³/mol. The summed E-state index contributed by atoms with van der Waals surface area (Å²) in [6, 6.07) is 0. The Hall–Kier alpha value is -1.68. The normalized spacial score (nSPS) is 50.6. The predicted octanol–water partition coefficient (Wildman–Crippen LogP) is 5.31. The molecule has 7 fully saturated rings. The summed E-state index contributed by atoms with van der Waals surface area (Å²) in [6.45, 7) is 15.0. The van der Waals surface area contributed by atoms with Gasteiger partial charge in [-0.1, -0.05) is 25.5 Å². The van der Waals surface area contributed by atoms with Gasteiger partial charge in [0.15, 0.2) is 25.2 Å². The smallest absolute Gasteiger partial charge is 0.302 e. The van der Waals surface area contributed by atoms with E-state index < -0.39 is 91.1 Å². The van der Waals surface area contributed by atoms with Gasteiger partial charge in [0.2, 0.25) is 0 Å². The van der Waals surface area contributed by atoms with Gasteiger partial charge in [-0.25, -0.2) is 0 Å². The van der Waals surface area contributed by atoms with E-state index in [1.165, 1.54) is 12.5 Å². The van der Waals surface area contributed by atoms with Crippen LogP contribution in [0, 0.1) is 28.6 Å². The lowest BCUT2D eigenvalue weighted by molar-refractivity contribution is -0.347. The van der Waals surface area contributed by atoms with Crippen molar-refractivity contribution in [2.75, 3.05) is 28.4 Å². The summed E-state index contributed by atoms with van der Waals surface area (Å²) in [7, 11) is 6.56. The Morgan fingerprint density at radius 1 is 0.632 bits per heavy atom. The van der Waals surface area contributed by atoms with E-state index in [0.29, 0.717) is 51.4 Å². The van der Waals surface area contributed by atoms with Crippen molar-refractivity contribution in [3.8, 4) is 0 Å². The topological polar surface area (TPSA) is 195 Å². The number of hydrogen-bond donors (Lipinski definition) is 2. The second-order valence-electron chi connectivity index (χ2n) is 21.8. The Labute approximate surface area is 403 Å². The standard InChI is InChI=1S/C51H82O17/c1-25(52)33-16-18-51(55)34-14-13-31-19-32(15-17-49(31,7)35(34)20-40(50(33,51)8)64-30(6)53)65-41-22-37(57-10)46(27(3)61-41)67-43-24-39(59-12)48(29(5)63-43)68-44-23-38(58-11)47(28(4)62-44)66-42-21-36(56-9)45(54)26(2)60-42/h13,26-29,32-48,54-55H,14-24H2,1-12H3. The number of aliphatic hydroxyl groups excluding tert-OH is 1. The van der Waals surface area contributed by atoms with E-state index in [9.17, 15) is 19.8 Å². The fourth-order valence-electron chi connectivity index (χ4n) is 14.3.